The summed E-state index contributed by atoms with van der Waals surface area (Å²) in [5.74, 6) is 0. The number of aromatic nitrogens is 1. The maximum atomic E-state index is 4.65. The van der Waals surface area contributed by atoms with E-state index in [1.807, 2.05) is 6.20 Å². The van der Waals surface area contributed by atoms with Gasteiger partial charge in [-0.3, -0.25) is 4.98 Å². The highest BCUT2D eigenvalue weighted by atomic mass is 79.9. The summed E-state index contributed by atoms with van der Waals surface area (Å²) >= 11 is 5.39. The number of hydrogen-bond acceptors (Lipinski definition) is 3. The van der Waals surface area contributed by atoms with E-state index in [2.05, 4.69) is 74.9 Å². The summed E-state index contributed by atoms with van der Waals surface area (Å²) < 4.78 is 1.14. The molecule has 1 N–H and O–H groups in total. The molecule has 3 aromatic rings. The van der Waals surface area contributed by atoms with Crippen LogP contribution in [0.1, 0.15) is 23.5 Å². The van der Waals surface area contributed by atoms with Gasteiger partial charge in [0.05, 0.1) is 11.7 Å². The van der Waals surface area contributed by atoms with E-state index < -0.39 is 0 Å². The van der Waals surface area contributed by atoms with Crippen LogP contribution < -0.4 is 5.32 Å². The molecule has 2 heterocycles. The van der Waals surface area contributed by atoms with Gasteiger partial charge >= 0.3 is 0 Å². The SMILES string of the molecule is CCNC(c1sccc1Br)c1nccc2ccccc12. The molecular weight excluding hydrogens is 332 g/mol. The third-order valence-corrected chi connectivity index (χ3v) is 5.23. The van der Waals surface area contributed by atoms with E-state index in [4.69, 9.17) is 0 Å². The van der Waals surface area contributed by atoms with Crippen LogP contribution in [0.3, 0.4) is 0 Å². The average Bonchev–Trinajstić information content (AvgIpc) is 2.90. The number of thiophene rings is 1. The topological polar surface area (TPSA) is 24.9 Å². The van der Waals surface area contributed by atoms with Crippen molar-refractivity contribution in [2.24, 2.45) is 0 Å². The van der Waals surface area contributed by atoms with E-state index >= 15 is 0 Å². The number of benzene rings is 1. The van der Waals surface area contributed by atoms with Gasteiger partial charge in [0.1, 0.15) is 0 Å². The maximum absolute atomic E-state index is 4.65. The second kappa shape index (κ2) is 6.04. The normalized spacial score (nSPS) is 12.7. The molecule has 1 aromatic carbocycles. The van der Waals surface area contributed by atoms with Crippen molar-refractivity contribution in [2.45, 2.75) is 13.0 Å². The lowest BCUT2D eigenvalue weighted by molar-refractivity contribution is 0.627. The molecule has 0 saturated heterocycles. The van der Waals surface area contributed by atoms with E-state index in [1.165, 1.54) is 15.6 Å². The summed E-state index contributed by atoms with van der Waals surface area (Å²) in [4.78, 5) is 5.92. The van der Waals surface area contributed by atoms with Crippen LogP contribution in [-0.4, -0.2) is 11.5 Å². The molecule has 0 radical (unpaired) electrons. The lowest BCUT2D eigenvalue weighted by Gasteiger charge is -2.18. The first-order valence-corrected chi connectivity index (χ1v) is 8.28. The summed E-state index contributed by atoms with van der Waals surface area (Å²) in [6.45, 7) is 3.03. The van der Waals surface area contributed by atoms with Crippen LogP contribution >= 0.6 is 27.3 Å². The number of nitrogens with one attached hydrogen (secondary N) is 1. The highest BCUT2D eigenvalue weighted by Crippen LogP contribution is 2.34. The minimum Gasteiger partial charge on any atom is -0.305 e. The Balaban J connectivity index is 2.17. The second-order valence-electron chi connectivity index (χ2n) is 4.54. The van der Waals surface area contributed by atoms with Crippen LogP contribution in [0.2, 0.25) is 0 Å². The highest BCUT2D eigenvalue weighted by molar-refractivity contribution is 9.10. The van der Waals surface area contributed by atoms with Gasteiger partial charge in [0.2, 0.25) is 0 Å². The Morgan fingerprint density at radius 3 is 2.85 bits per heavy atom. The Kier molecular flexibility index (Phi) is 4.15. The largest absolute Gasteiger partial charge is 0.305 e. The summed E-state index contributed by atoms with van der Waals surface area (Å²) in [5.41, 5.74) is 1.09. The van der Waals surface area contributed by atoms with Gasteiger partial charge in [0.25, 0.3) is 0 Å². The minimum atomic E-state index is 0.125. The van der Waals surface area contributed by atoms with Gasteiger partial charge in [-0.15, -0.1) is 11.3 Å². The molecule has 20 heavy (non-hydrogen) atoms. The molecule has 0 fully saturated rings. The van der Waals surface area contributed by atoms with Crippen LogP contribution in [-0.2, 0) is 0 Å². The van der Waals surface area contributed by atoms with Crippen LogP contribution in [0.4, 0.5) is 0 Å². The van der Waals surface area contributed by atoms with Crippen molar-refractivity contribution >= 4 is 38.0 Å². The summed E-state index contributed by atoms with van der Waals surface area (Å²) in [6.07, 6.45) is 1.89. The van der Waals surface area contributed by atoms with Crippen molar-refractivity contribution in [1.82, 2.24) is 10.3 Å². The Labute approximate surface area is 131 Å². The molecule has 2 aromatic heterocycles. The lowest BCUT2D eigenvalue weighted by Crippen LogP contribution is -2.22. The van der Waals surface area contributed by atoms with Crippen LogP contribution in [0.25, 0.3) is 10.8 Å². The fourth-order valence-electron chi connectivity index (χ4n) is 2.40. The molecule has 0 aliphatic heterocycles. The molecule has 102 valence electrons. The summed E-state index contributed by atoms with van der Waals surface area (Å²) in [7, 11) is 0. The highest BCUT2D eigenvalue weighted by Gasteiger charge is 2.20. The second-order valence-corrected chi connectivity index (χ2v) is 6.34. The third-order valence-electron chi connectivity index (χ3n) is 3.29. The smallest absolute Gasteiger partial charge is 0.0862 e. The van der Waals surface area contributed by atoms with Gasteiger partial charge in [0.15, 0.2) is 0 Å². The standard InChI is InChI=1S/C16H15BrN2S/c1-2-18-15(16-13(17)8-10-20-16)14-12-6-4-3-5-11(12)7-9-19-14/h3-10,15,18H,2H2,1H3. The maximum Gasteiger partial charge on any atom is 0.0862 e. The molecule has 2 nitrogen and oxygen atoms in total. The van der Waals surface area contributed by atoms with Crippen LogP contribution in [0.15, 0.2) is 52.4 Å². The van der Waals surface area contributed by atoms with Crippen molar-refractivity contribution in [3.63, 3.8) is 0 Å². The van der Waals surface area contributed by atoms with E-state index in [9.17, 15) is 0 Å². The number of halogens is 1. The van der Waals surface area contributed by atoms with Gasteiger partial charge in [-0.05, 0) is 45.4 Å². The van der Waals surface area contributed by atoms with Crippen LogP contribution in [0, 0.1) is 0 Å². The zero-order valence-electron chi connectivity index (χ0n) is 11.1. The van der Waals surface area contributed by atoms with Gasteiger partial charge in [0, 0.05) is 20.9 Å². The zero-order valence-corrected chi connectivity index (χ0v) is 13.5. The van der Waals surface area contributed by atoms with E-state index in [0.29, 0.717) is 0 Å². The Hall–Kier alpha value is -1.23. The first-order chi connectivity index (χ1) is 9.81. The molecule has 0 amide bonds. The first-order valence-electron chi connectivity index (χ1n) is 6.61. The fraction of sp³-hybridized carbons (Fsp3) is 0.188. The molecule has 0 bridgehead atoms. The van der Waals surface area contributed by atoms with Crippen LogP contribution in [0.5, 0.6) is 0 Å². The van der Waals surface area contributed by atoms with Gasteiger partial charge in [-0.25, -0.2) is 0 Å². The Morgan fingerprint density at radius 2 is 2.10 bits per heavy atom. The minimum absolute atomic E-state index is 0.125. The van der Waals surface area contributed by atoms with Crippen molar-refractivity contribution < 1.29 is 0 Å². The zero-order chi connectivity index (χ0) is 13.9. The van der Waals surface area contributed by atoms with Crippen molar-refractivity contribution in [3.8, 4) is 0 Å². The number of fused-ring (bicyclic) bond motifs is 1. The van der Waals surface area contributed by atoms with Gasteiger partial charge < -0.3 is 5.32 Å². The Morgan fingerprint density at radius 1 is 1.25 bits per heavy atom. The third kappa shape index (κ3) is 2.51. The fourth-order valence-corrected chi connectivity index (χ4v) is 4.08. The molecule has 0 aliphatic carbocycles. The monoisotopic (exact) mass is 346 g/mol. The number of rotatable bonds is 4. The molecule has 1 atom stereocenters. The molecule has 3 rings (SSSR count). The molecular formula is C16H15BrN2S. The van der Waals surface area contributed by atoms with Gasteiger partial charge in [-0.1, -0.05) is 31.2 Å². The summed E-state index contributed by atoms with van der Waals surface area (Å²) in [6, 6.07) is 12.7. The summed E-state index contributed by atoms with van der Waals surface area (Å²) in [5, 5.41) is 8.10. The number of pyridine rings is 1. The molecule has 4 heteroatoms. The Bertz CT molecular complexity index is 718. The van der Waals surface area contributed by atoms with E-state index in [1.54, 1.807) is 11.3 Å². The molecule has 0 aliphatic rings. The predicted octanol–water partition coefficient (Wildman–Crippen LogP) is 4.76. The van der Waals surface area contributed by atoms with Crippen molar-refractivity contribution in [1.29, 1.82) is 0 Å². The number of nitrogens with zero attached hydrogens (tertiary/aromatic N) is 1. The van der Waals surface area contributed by atoms with E-state index in [-0.39, 0.29) is 6.04 Å². The molecule has 1 unspecified atom stereocenters. The number of hydrogen-bond donors (Lipinski definition) is 1. The van der Waals surface area contributed by atoms with E-state index in [0.717, 1.165) is 16.7 Å². The quantitative estimate of drug-likeness (QED) is 0.736. The lowest BCUT2D eigenvalue weighted by atomic mass is 10.0. The molecule has 0 saturated carbocycles. The molecule has 0 spiro atoms. The first kappa shape index (κ1) is 13.7. The average molecular weight is 347 g/mol. The predicted molar refractivity (Wildman–Crippen MR) is 89.3 cm³/mol. The van der Waals surface area contributed by atoms with Crippen molar-refractivity contribution in [2.75, 3.05) is 6.54 Å². The van der Waals surface area contributed by atoms with Crippen molar-refractivity contribution in [3.05, 3.63) is 63.0 Å². The van der Waals surface area contributed by atoms with Gasteiger partial charge in [-0.2, -0.15) is 0 Å².